The average molecular weight is 244 g/mol. The smallest absolute Gasteiger partial charge is 0.234 e. The molecule has 1 atom stereocenters. The second kappa shape index (κ2) is 6.36. The van der Waals surface area contributed by atoms with Crippen molar-refractivity contribution >= 4 is 5.91 Å². The normalized spacial score (nSPS) is 16.0. The molecule has 0 saturated heterocycles. The summed E-state index contributed by atoms with van der Waals surface area (Å²) in [7, 11) is 0. The van der Waals surface area contributed by atoms with Crippen molar-refractivity contribution in [2.75, 3.05) is 13.1 Å². The van der Waals surface area contributed by atoms with Gasteiger partial charge in [-0.2, -0.15) is 0 Å². The van der Waals surface area contributed by atoms with Crippen molar-refractivity contribution in [1.29, 1.82) is 0 Å². The van der Waals surface area contributed by atoms with Crippen molar-refractivity contribution in [3.8, 4) is 0 Å². The molecule has 3 heteroatoms. The van der Waals surface area contributed by atoms with E-state index in [1.54, 1.807) is 6.08 Å². The molecule has 1 unspecified atom stereocenters. The molecule has 18 heavy (non-hydrogen) atoms. The van der Waals surface area contributed by atoms with Gasteiger partial charge in [0.25, 0.3) is 0 Å². The Morgan fingerprint density at radius 2 is 2.11 bits per heavy atom. The molecule has 1 aliphatic rings. The highest BCUT2D eigenvalue weighted by Gasteiger charge is 2.33. The maximum absolute atomic E-state index is 11.8. The van der Waals surface area contributed by atoms with E-state index in [0.717, 1.165) is 0 Å². The van der Waals surface area contributed by atoms with Crippen LogP contribution < -0.4 is 10.6 Å². The lowest BCUT2D eigenvalue weighted by atomic mass is 10.0. The van der Waals surface area contributed by atoms with Gasteiger partial charge >= 0.3 is 0 Å². The number of carbonyl (C=O) groups excluding carboxylic acids is 1. The summed E-state index contributed by atoms with van der Waals surface area (Å²) in [6, 6.07) is 10.4. The summed E-state index contributed by atoms with van der Waals surface area (Å²) in [5.74, 6) is 0.661. The van der Waals surface area contributed by atoms with E-state index in [2.05, 4.69) is 29.3 Å². The van der Waals surface area contributed by atoms with Gasteiger partial charge in [0.1, 0.15) is 0 Å². The summed E-state index contributed by atoms with van der Waals surface area (Å²) in [5.41, 5.74) is 1.21. The van der Waals surface area contributed by atoms with Crippen LogP contribution in [0.2, 0.25) is 0 Å². The van der Waals surface area contributed by atoms with E-state index in [-0.39, 0.29) is 11.9 Å². The Bertz CT molecular complexity index is 398. The summed E-state index contributed by atoms with van der Waals surface area (Å²) in [6.07, 6.45) is 4.17. The van der Waals surface area contributed by atoms with Crippen molar-refractivity contribution in [2.45, 2.75) is 18.9 Å². The highest BCUT2D eigenvalue weighted by Crippen LogP contribution is 2.40. The molecule has 1 amide bonds. The second-order valence-corrected chi connectivity index (χ2v) is 4.71. The van der Waals surface area contributed by atoms with Crippen LogP contribution in [0.25, 0.3) is 0 Å². The van der Waals surface area contributed by atoms with Gasteiger partial charge in [0.2, 0.25) is 5.91 Å². The summed E-state index contributed by atoms with van der Waals surface area (Å²) < 4.78 is 0. The SMILES string of the molecule is C=CCNCC(=O)NC(c1ccccc1)C1CC1. The Balaban J connectivity index is 1.91. The first-order valence-electron chi connectivity index (χ1n) is 6.47. The maximum atomic E-state index is 11.8. The van der Waals surface area contributed by atoms with E-state index in [9.17, 15) is 4.79 Å². The largest absolute Gasteiger partial charge is 0.348 e. The zero-order valence-corrected chi connectivity index (χ0v) is 10.6. The Kier molecular flexibility index (Phi) is 4.53. The molecular weight excluding hydrogens is 224 g/mol. The Morgan fingerprint density at radius 1 is 1.39 bits per heavy atom. The van der Waals surface area contributed by atoms with Crippen molar-refractivity contribution in [3.63, 3.8) is 0 Å². The molecule has 1 aromatic rings. The Labute approximate surface area is 108 Å². The molecule has 2 N–H and O–H groups in total. The summed E-state index contributed by atoms with van der Waals surface area (Å²) >= 11 is 0. The predicted molar refractivity (Wildman–Crippen MR) is 73.1 cm³/mol. The molecule has 96 valence electrons. The van der Waals surface area contributed by atoms with Crippen molar-refractivity contribution in [2.24, 2.45) is 5.92 Å². The zero-order valence-electron chi connectivity index (χ0n) is 10.6. The van der Waals surface area contributed by atoms with E-state index in [0.29, 0.717) is 19.0 Å². The predicted octanol–water partition coefficient (Wildman–Crippen LogP) is 2.03. The number of hydrogen-bond donors (Lipinski definition) is 2. The third-order valence-electron chi connectivity index (χ3n) is 3.14. The van der Waals surface area contributed by atoms with Gasteiger partial charge in [0.15, 0.2) is 0 Å². The van der Waals surface area contributed by atoms with Gasteiger partial charge in [-0.1, -0.05) is 36.4 Å². The number of carbonyl (C=O) groups is 1. The first kappa shape index (κ1) is 12.8. The maximum Gasteiger partial charge on any atom is 0.234 e. The molecule has 0 spiro atoms. The van der Waals surface area contributed by atoms with Crippen LogP contribution in [0, 0.1) is 5.92 Å². The van der Waals surface area contributed by atoms with E-state index in [1.165, 1.54) is 18.4 Å². The highest BCUT2D eigenvalue weighted by molar-refractivity contribution is 5.78. The minimum absolute atomic E-state index is 0.0533. The van der Waals surface area contributed by atoms with Gasteiger partial charge in [0, 0.05) is 6.54 Å². The third-order valence-corrected chi connectivity index (χ3v) is 3.14. The van der Waals surface area contributed by atoms with Crippen molar-refractivity contribution < 1.29 is 4.79 Å². The molecule has 1 fully saturated rings. The molecule has 1 saturated carbocycles. The highest BCUT2D eigenvalue weighted by atomic mass is 16.2. The lowest BCUT2D eigenvalue weighted by Crippen LogP contribution is -2.37. The topological polar surface area (TPSA) is 41.1 Å². The van der Waals surface area contributed by atoms with Gasteiger partial charge in [0.05, 0.1) is 12.6 Å². The first-order chi connectivity index (χ1) is 8.81. The van der Waals surface area contributed by atoms with Crippen LogP contribution in [-0.2, 0) is 4.79 Å². The van der Waals surface area contributed by atoms with Crippen LogP contribution in [0.15, 0.2) is 43.0 Å². The number of amides is 1. The molecule has 0 aromatic heterocycles. The first-order valence-corrected chi connectivity index (χ1v) is 6.47. The molecule has 0 radical (unpaired) electrons. The van der Waals surface area contributed by atoms with Crippen molar-refractivity contribution in [3.05, 3.63) is 48.6 Å². The van der Waals surface area contributed by atoms with Gasteiger partial charge in [-0.05, 0) is 24.3 Å². The van der Waals surface area contributed by atoms with Crippen LogP contribution in [0.1, 0.15) is 24.4 Å². The lowest BCUT2D eigenvalue weighted by molar-refractivity contribution is -0.121. The standard InChI is InChI=1S/C15H20N2O/c1-2-10-16-11-14(18)17-15(13-8-9-13)12-6-4-3-5-7-12/h2-7,13,15-16H,1,8-11H2,(H,17,18). The number of benzene rings is 1. The minimum Gasteiger partial charge on any atom is -0.348 e. The van der Waals surface area contributed by atoms with Crippen LogP contribution in [0.5, 0.6) is 0 Å². The fraction of sp³-hybridized carbons (Fsp3) is 0.400. The molecule has 1 aliphatic carbocycles. The van der Waals surface area contributed by atoms with E-state index in [1.807, 2.05) is 18.2 Å². The quantitative estimate of drug-likeness (QED) is 0.569. The fourth-order valence-electron chi connectivity index (χ4n) is 2.08. The summed E-state index contributed by atoms with van der Waals surface area (Å²) in [5, 5.41) is 6.14. The minimum atomic E-state index is 0.0533. The van der Waals surface area contributed by atoms with Crippen molar-refractivity contribution in [1.82, 2.24) is 10.6 Å². The van der Waals surface area contributed by atoms with Gasteiger partial charge in [-0.25, -0.2) is 0 Å². The second-order valence-electron chi connectivity index (χ2n) is 4.71. The van der Waals surface area contributed by atoms with Gasteiger partial charge < -0.3 is 10.6 Å². The molecule has 0 aliphatic heterocycles. The van der Waals surface area contributed by atoms with E-state index >= 15 is 0 Å². The summed E-state index contributed by atoms with van der Waals surface area (Å²) in [4.78, 5) is 11.8. The third kappa shape index (κ3) is 3.70. The Morgan fingerprint density at radius 3 is 2.72 bits per heavy atom. The average Bonchev–Trinajstić information content (AvgIpc) is 3.22. The van der Waals surface area contributed by atoms with Crippen LogP contribution in [0.3, 0.4) is 0 Å². The van der Waals surface area contributed by atoms with Gasteiger partial charge in [-0.3, -0.25) is 4.79 Å². The van der Waals surface area contributed by atoms with Crippen LogP contribution >= 0.6 is 0 Å². The van der Waals surface area contributed by atoms with Crippen LogP contribution in [-0.4, -0.2) is 19.0 Å². The number of hydrogen-bond acceptors (Lipinski definition) is 2. The van der Waals surface area contributed by atoms with E-state index in [4.69, 9.17) is 0 Å². The lowest BCUT2D eigenvalue weighted by Gasteiger charge is -2.18. The Hall–Kier alpha value is -1.61. The summed E-state index contributed by atoms with van der Waals surface area (Å²) in [6.45, 7) is 4.62. The molecular formula is C15H20N2O. The molecule has 3 nitrogen and oxygen atoms in total. The van der Waals surface area contributed by atoms with Gasteiger partial charge in [-0.15, -0.1) is 6.58 Å². The fourth-order valence-corrected chi connectivity index (χ4v) is 2.08. The molecule has 0 heterocycles. The van der Waals surface area contributed by atoms with E-state index < -0.39 is 0 Å². The monoisotopic (exact) mass is 244 g/mol. The number of nitrogens with one attached hydrogen (secondary N) is 2. The zero-order chi connectivity index (χ0) is 12.8. The van der Waals surface area contributed by atoms with Crippen LogP contribution in [0.4, 0.5) is 0 Å². The molecule has 0 bridgehead atoms. The molecule has 2 rings (SSSR count). The molecule has 1 aromatic carbocycles. The number of rotatable bonds is 7.